The molecule has 2 aromatic rings. The molecular formula is C17H22N2S. The van der Waals surface area contributed by atoms with Crippen LogP contribution in [0.1, 0.15) is 12.0 Å². The van der Waals surface area contributed by atoms with Gasteiger partial charge in [-0.3, -0.25) is 0 Å². The van der Waals surface area contributed by atoms with E-state index in [-0.39, 0.29) is 0 Å². The fraction of sp³-hybridized carbons (Fsp3) is 0.412. The Kier molecular flexibility index (Phi) is 4.18. The van der Waals surface area contributed by atoms with Crippen LogP contribution in [-0.2, 0) is 6.54 Å². The largest absolute Gasteiger partial charge is 0.346 e. The third kappa shape index (κ3) is 2.94. The molecule has 0 unspecified atom stereocenters. The molecule has 1 aliphatic rings. The van der Waals surface area contributed by atoms with Gasteiger partial charge in [0, 0.05) is 30.6 Å². The molecule has 0 radical (unpaired) electrons. The molecule has 0 aliphatic carbocycles. The van der Waals surface area contributed by atoms with Crippen molar-refractivity contribution in [1.82, 2.24) is 9.47 Å². The van der Waals surface area contributed by atoms with Crippen LogP contribution in [-0.4, -0.2) is 41.6 Å². The molecule has 0 saturated carbocycles. The maximum atomic E-state index is 2.39. The second-order valence-corrected chi connectivity index (χ2v) is 6.79. The number of fused-ring (bicyclic) bond motifs is 1. The molecular weight excluding hydrogens is 264 g/mol. The van der Waals surface area contributed by atoms with E-state index in [1.807, 2.05) is 11.8 Å². The van der Waals surface area contributed by atoms with E-state index < -0.39 is 0 Å². The second kappa shape index (κ2) is 6.06. The summed E-state index contributed by atoms with van der Waals surface area (Å²) in [6.45, 7) is 2.13. The van der Waals surface area contributed by atoms with Gasteiger partial charge < -0.3 is 9.47 Å². The summed E-state index contributed by atoms with van der Waals surface area (Å²) < 4.78 is 2.37. The average molecular weight is 286 g/mol. The van der Waals surface area contributed by atoms with Crippen LogP contribution in [0.4, 0.5) is 0 Å². The molecule has 106 valence electrons. The minimum atomic E-state index is 1.05. The SMILES string of the molecule is CN(C)CCn1ccc2ccc(C3=CCSCC3)cc21. The van der Waals surface area contributed by atoms with Crippen LogP contribution < -0.4 is 0 Å². The van der Waals surface area contributed by atoms with E-state index in [0.717, 1.165) is 18.8 Å². The third-order valence-electron chi connectivity index (χ3n) is 3.90. The van der Waals surface area contributed by atoms with Crippen molar-refractivity contribution in [3.63, 3.8) is 0 Å². The van der Waals surface area contributed by atoms with Gasteiger partial charge in [0.2, 0.25) is 0 Å². The topological polar surface area (TPSA) is 8.17 Å². The first-order chi connectivity index (χ1) is 9.74. The number of hydrogen-bond acceptors (Lipinski definition) is 2. The Morgan fingerprint density at radius 1 is 1.25 bits per heavy atom. The Balaban J connectivity index is 1.92. The quantitative estimate of drug-likeness (QED) is 0.846. The van der Waals surface area contributed by atoms with Gasteiger partial charge in [-0.25, -0.2) is 0 Å². The van der Waals surface area contributed by atoms with Crippen molar-refractivity contribution in [3.05, 3.63) is 42.1 Å². The minimum Gasteiger partial charge on any atom is -0.346 e. The van der Waals surface area contributed by atoms with Gasteiger partial charge in [0.1, 0.15) is 0 Å². The lowest BCUT2D eigenvalue weighted by molar-refractivity contribution is 0.387. The molecule has 3 heteroatoms. The number of rotatable bonds is 4. The van der Waals surface area contributed by atoms with Gasteiger partial charge in [0.15, 0.2) is 0 Å². The van der Waals surface area contributed by atoms with Crippen molar-refractivity contribution in [2.45, 2.75) is 13.0 Å². The standard InChI is InChI=1S/C17H22N2S/c1-18(2)9-10-19-8-5-15-3-4-16(13-17(15)19)14-6-11-20-12-7-14/h3-6,8,13H,7,9-12H2,1-2H3. The highest BCUT2D eigenvalue weighted by Gasteiger charge is 2.09. The van der Waals surface area contributed by atoms with Gasteiger partial charge in [0.25, 0.3) is 0 Å². The Hall–Kier alpha value is -1.19. The summed E-state index contributed by atoms with van der Waals surface area (Å²) in [5, 5.41) is 1.35. The molecule has 1 aromatic carbocycles. The molecule has 0 N–H and O–H groups in total. The molecule has 0 spiro atoms. The zero-order chi connectivity index (χ0) is 13.9. The maximum absolute atomic E-state index is 2.39. The van der Waals surface area contributed by atoms with E-state index in [1.165, 1.54) is 34.2 Å². The van der Waals surface area contributed by atoms with E-state index in [9.17, 15) is 0 Å². The molecule has 2 heterocycles. The number of likely N-dealkylation sites (N-methyl/N-ethyl adjacent to an activating group) is 1. The number of thioether (sulfide) groups is 1. The molecule has 1 aliphatic heterocycles. The van der Waals surface area contributed by atoms with Gasteiger partial charge in [-0.2, -0.15) is 11.8 Å². The monoisotopic (exact) mass is 286 g/mol. The Morgan fingerprint density at radius 2 is 2.15 bits per heavy atom. The van der Waals surface area contributed by atoms with Crippen molar-refractivity contribution < 1.29 is 0 Å². The van der Waals surface area contributed by atoms with Gasteiger partial charge in [-0.05, 0) is 54.9 Å². The van der Waals surface area contributed by atoms with Gasteiger partial charge >= 0.3 is 0 Å². The normalized spacial score (nSPS) is 15.8. The predicted molar refractivity (Wildman–Crippen MR) is 90.4 cm³/mol. The van der Waals surface area contributed by atoms with Crippen LogP contribution in [0.25, 0.3) is 16.5 Å². The van der Waals surface area contributed by atoms with Gasteiger partial charge in [-0.1, -0.05) is 18.2 Å². The van der Waals surface area contributed by atoms with Crippen LogP contribution in [0, 0.1) is 0 Å². The molecule has 0 atom stereocenters. The van der Waals surface area contributed by atoms with Gasteiger partial charge in [0.05, 0.1) is 0 Å². The summed E-state index contributed by atoms with van der Waals surface area (Å²) in [5.74, 6) is 2.42. The fourth-order valence-corrected chi connectivity index (χ4v) is 3.53. The number of allylic oxidation sites excluding steroid dienone is 1. The van der Waals surface area contributed by atoms with Crippen LogP contribution >= 0.6 is 11.8 Å². The summed E-state index contributed by atoms with van der Waals surface area (Å²) in [6, 6.07) is 9.13. The lowest BCUT2D eigenvalue weighted by atomic mass is 10.0. The van der Waals surface area contributed by atoms with Gasteiger partial charge in [-0.15, -0.1) is 0 Å². The van der Waals surface area contributed by atoms with Crippen LogP contribution in [0.15, 0.2) is 36.5 Å². The predicted octanol–water partition coefficient (Wildman–Crippen LogP) is 3.72. The Morgan fingerprint density at radius 3 is 2.90 bits per heavy atom. The summed E-state index contributed by atoms with van der Waals surface area (Å²) in [5.41, 5.74) is 4.29. The average Bonchev–Trinajstić information content (AvgIpc) is 2.88. The van der Waals surface area contributed by atoms with Crippen LogP contribution in [0.5, 0.6) is 0 Å². The van der Waals surface area contributed by atoms with Crippen molar-refractivity contribution in [2.75, 3.05) is 32.1 Å². The first-order valence-electron chi connectivity index (χ1n) is 7.25. The van der Waals surface area contributed by atoms with E-state index >= 15 is 0 Å². The lowest BCUT2D eigenvalue weighted by Gasteiger charge is -2.14. The van der Waals surface area contributed by atoms with Crippen molar-refractivity contribution in [1.29, 1.82) is 0 Å². The van der Waals surface area contributed by atoms with E-state index in [2.05, 4.69) is 60.1 Å². The van der Waals surface area contributed by atoms with E-state index in [4.69, 9.17) is 0 Å². The third-order valence-corrected chi connectivity index (χ3v) is 4.79. The summed E-state index contributed by atoms with van der Waals surface area (Å²) in [7, 11) is 4.25. The van der Waals surface area contributed by atoms with Crippen LogP contribution in [0.2, 0.25) is 0 Å². The molecule has 2 nitrogen and oxygen atoms in total. The molecule has 3 rings (SSSR count). The molecule has 0 bridgehead atoms. The molecule has 20 heavy (non-hydrogen) atoms. The summed E-state index contributed by atoms with van der Waals surface area (Å²) in [6.07, 6.45) is 5.81. The van der Waals surface area contributed by atoms with Crippen molar-refractivity contribution >= 4 is 28.2 Å². The molecule has 0 amide bonds. The van der Waals surface area contributed by atoms with E-state index in [1.54, 1.807) is 0 Å². The Labute approximate surface area is 125 Å². The maximum Gasteiger partial charge on any atom is 0.0486 e. The summed E-state index contributed by atoms with van der Waals surface area (Å²) >= 11 is 2.03. The zero-order valence-corrected chi connectivity index (χ0v) is 13.1. The number of aromatic nitrogens is 1. The smallest absolute Gasteiger partial charge is 0.0486 e. The fourth-order valence-electron chi connectivity index (χ4n) is 2.68. The Bertz CT molecular complexity index is 625. The first kappa shape index (κ1) is 13.8. The molecule has 0 saturated heterocycles. The minimum absolute atomic E-state index is 1.05. The highest BCUT2D eigenvalue weighted by Crippen LogP contribution is 2.28. The molecule has 1 aromatic heterocycles. The number of benzene rings is 1. The molecule has 0 fully saturated rings. The zero-order valence-electron chi connectivity index (χ0n) is 12.3. The lowest BCUT2D eigenvalue weighted by Crippen LogP contribution is -2.17. The number of hydrogen-bond donors (Lipinski definition) is 0. The first-order valence-corrected chi connectivity index (χ1v) is 8.40. The van der Waals surface area contributed by atoms with Crippen LogP contribution in [0.3, 0.4) is 0 Å². The van der Waals surface area contributed by atoms with Crippen molar-refractivity contribution in [2.24, 2.45) is 0 Å². The van der Waals surface area contributed by atoms with E-state index in [0.29, 0.717) is 0 Å². The number of nitrogens with zero attached hydrogens (tertiary/aromatic N) is 2. The van der Waals surface area contributed by atoms with Crippen molar-refractivity contribution in [3.8, 4) is 0 Å². The highest BCUT2D eigenvalue weighted by atomic mass is 32.2. The second-order valence-electron chi connectivity index (χ2n) is 5.64. The summed E-state index contributed by atoms with van der Waals surface area (Å²) in [4.78, 5) is 2.23. The highest BCUT2D eigenvalue weighted by molar-refractivity contribution is 7.99.